The fraction of sp³-hybridized carbons (Fsp3) is 0.696. The van der Waals surface area contributed by atoms with Crippen LogP contribution in [-0.2, 0) is 16.0 Å². The average molecular weight is 503 g/mol. The Morgan fingerprint density at radius 3 is 2.24 bits per heavy atom. The molecule has 3 aliphatic rings. The molecule has 0 spiro atoms. The number of nitro groups is 1. The van der Waals surface area contributed by atoms with E-state index in [1.165, 1.54) is 0 Å². The van der Waals surface area contributed by atoms with Crippen molar-refractivity contribution in [3.8, 4) is 0 Å². The number of nitro benzene ring substituents is 1. The SMILES string of the molecule is O=C(NCC1(CC2CC2)CCC(S(=O)(=O)CC2CC2)CC1)c1ccc(C(F)(F)F)cc1[N+](=O)[O-]. The van der Waals surface area contributed by atoms with Crippen LogP contribution < -0.4 is 5.32 Å². The number of carbonyl (C=O) groups is 1. The Hall–Kier alpha value is -2.17. The van der Waals surface area contributed by atoms with Gasteiger partial charge < -0.3 is 5.32 Å². The Balaban J connectivity index is 1.45. The highest BCUT2D eigenvalue weighted by atomic mass is 32.2. The van der Waals surface area contributed by atoms with Crippen molar-refractivity contribution in [2.45, 2.75) is 69.2 Å². The quantitative estimate of drug-likeness (QED) is 0.382. The summed E-state index contributed by atoms with van der Waals surface area (Å²) in [7, 11) is -3.14. The molecule has 3 fully saturated rings. The summed E-state index contributed by atoms with van der Waals surface area (Å²) in [6.07, 6.45) is 2.52. The van der Waals surface area contributed by atoms with Crippen molar-refractivity contribution < 1.29 is 31.3 Å². The summed E-state index contributed by atoms with van der Waals surface area (Å²) in [5, 5.41) is 13.7. The third-order valence-electron chi connectivity index (χ3n) is 7.48. The van der Waals surface area contributed by atoms with Crippen LogP contribution >= 0.6 is 0 Å². The van der Waals surface area contributed by atoms with Gasteiger partial charge in [0.05, 0.1) is 21.5 Å². The summed E-state index contributed by atoms with van der Waals surface area (Å²) in [5.74, 6) is 0.277. The zero-order valence-electron chi connectivity index (χ0n) is 18.8. The van der Waals surface area contributed by atoms with Gasteiger partial charge in [0.2, 0.25) is 0 Å². The van der Waals surface area contributed by atoms with E-state index in [0.29, 0.717) is 49.7 Å². The van der Waals surface area contributed by atoms with Gasteiger partial charge >= 0.3 is 6.18 Å². The lowest BCUT2D eigenvalue weighted by Crippen LogP contribution is -2.43. The number of rotatable bonds is 9. The molecule has 0 heterocycles. The number of halogens is 3. The number of sulfone groups is 1. The third-order valence-corrected chi connectivity index (χ3v) is 9.90. The molecule has 1 aromatic rings. The van der Waals surface area contributed by atoms with E-state index in [2.05, 4.69) is 5.32 Å². The fourth-order valence-electron chi connectivity index (χ4n) is 5.11. The molecular weight excluding hydrogens is 473 g/mol. The first kappa shape index (κ1) is 24.9. The van der Waals surface area contributed by atoms with E-state index in [0.717, 1.165) is 38.2 Å². The van der Waals surface area contributed by atoms with Crippen molar-refractivity contribution in [2.24, 2.45) is 17.3 Å². The van der Waals surface area contributed by atoms with E-state index in [1.807, 2.05) is 0 Å². The fourth-order valence-corrected chi connectivity index (χ4v) is 7.33. The standard InChI is InChI=1S/C23H29F3N2O5S/c24-23(25,26)17-5-6-19(20(11-17)28(30)31)21(29)27-14-22(12-15-1-2-15)9-7-18(8-10-22)34(32,33)13-16-3-4-16/h5-6,11,15-16,18H,1-4,7-10,12-14H2,(H,27,29). The van der Waals surface area contributed by atoms with E-state index < -0.39 is 43.7 Å². The maximum absolute atomic E-state index is 13.0. The van der Waals surface area contributed by atoms with Crippen LogP contribution in [0.4, 0.5) is 18.9 Å². The van der Waals surface area contributed by atoms with Crippen molar-refractivity contribution in [3.05, 3.63) is 39.4 Å². The zero-order valence-corrected chi connectivity index (χ0v) is 19.6. The first-order valence-electron chi connectivity index (χ1n) is 11.7. The molecular formula is C23H29F3N2O5S. The van der Waals surface area contributed by atoms with Gasteiger partial charge in [0.15, 0.2) is 9.84 Å². The number of nitrogens with one attached hydrogen (secondary N) is 1. The maximum atomic E-state index is 13.0. The summed E-state index contributed by atoms with van der Waals surface area (Å²) in [6.45, 7) is 0.218. The van der Waals surface area contributed by atoms with E-state index in [-0.39, 0.29) is 23.0 Å². The number of nitrogens with zero attached hydrogens (tertiary/aromatic N) is 1. The van der Waals surface area contributed by atoms with Crippen LogP contribution in [0.1, 0.15) is 73.7 Å². The zero-order chi connectivity index (χ0) is 24.7. The Morgan fingerprint density at radius 1 is 1.09 bits per heavy atom. The first-order chi connectivity index (χ1) is 15.9. The number of benzene rings is 1. The Kier molecular flexibility index (Phi) is 6.69. The Bertz CT molecular complexity index is 1060. The molecule has 0 atom stereocenters. The van der Waals surface area contributed by atoms with Gasteiger partial charge in [-0.2, -0.15) is 13.2 Å². The molecule has 0 bridgehead atoms. The van der Waals surface area contributed by atoms with Crippen LogP contribution in [0, 0.1) is 27.4 Å². The highest BCUT2D eigenvalue weighted by molar-refractivity contribution is 7.92. The molecule has 3 saturated carbocycles. The second kappa shape index (κ2) is 9.13. The Morgan fingerprint density at radius 2 is 1.71 bits per heavy atom. The minimum atomic E-state index is -4.76. The van der Waals surface area contributed by atoms with Crippen LogP contribution in [0.15, 0.2) is 18.2 Å². The van der Waals surface area contributed by atoms with Gasteiger partial charge in [0, 0.05) is 12.6 Å². The minimum absolute atomic E-state index is 0.218. The number of carbonyl (C=O) groups excluding carboxylic acids is 1. The minimum Gasteiger partial charge on any atom is -0.351 e. The highest BCUT2D eigenvalue weighted by Crippen LogP contribution is 2.49. The third kappa shape index (κ3) is 5.90. The molecule has 1 amide bonds. The predicted molar refractivity (Wildman–Crippen MR) is 119 cm³/mol. The molecule has 1 N–H and O–H groups in total. The maximum Gasteiger partial charge on any atom is 0.416 e. The molecule has 1 aromatic carbocycles. The molecule has 188 valence electrons. The van der Waals surface area contributed by atoms with Gasteiger partial charge in [-0.25, -0.2) is 8.42 Å². The largest absolute Gasteiger partial charge is 0.416 e. The molecule has 0 radical (unpaired) electrons. The van der Waals surface area contributed by atoms with Crippen LogP contribution in [0.25, 0.3) is 0 Å². The number of hydrogen-bond donors (Lipinski definition) is 1. The van der Waals surface area contributed by atoms with Crippen LogP contribution in [-0.4, -0.2) is 36.8 Å². The highest BCUT2D eigenvalue weighted by Gasteiger charge is 2.44. The predicted octanol–water partition coefficient (Wildman–Crippen LogP) is 4.90. The molecule has 0 unspecified atom stereocenters. The van der Waals surface area contributed by atoms with Crippen molar-refractivity contribution >= 4 is 21.4 Å². The molecule has 0 saturated heterocycles. The molecule has 11 heteroatoms. The summed E-state index contributed by atoms with van der Waals surface area (Å²) in [6, 6.07) is 1.88. The lowest BCUT2D eigenvalue weighted by molar-refractivity contribution is -0.385. The number of hydrogen-bond acceptors (Lipinski definition) is 5. The molecule has 7 nitrogen and oxygen atoms in total. The Labute approximate surface area is 196 Å². The van der Waals surface area contributed by atoms with E-state index >= 15 is 0 Å². The first-order valence-corrected chi connectivity index (χ1v) is 13.5. The normalized spacial score (nSPS) is 25.7. The summed E-state index contributed by atoms with van der Waals surface area (Å²) < 4.78 is 64.3. The van der Waals surface area contributed by atoms with Gasteiger partial charge in [0.1, 0.15) is 5.56 Å². The van der Waals surface area contributed by atoms with Gasteiger partial charge in [-0.05, 0) is 74.3 Å². The van der Waals surface area contributed by atoms with Crippen molar-refractivity contribution in [1.82, 2.24) is 5.32 Å². The number of amides is 1. The number of alkyl halides is 3. The van der Waals surface area contributed by atoms with Crippen LogP contribution in [0.5, 0.6) is 0 Å². The van der Waals surface area contributed by atoms with Crippen LogP contribution in [0.3, 0.4) is 0 Å². The molecule has 4 rings (SSSR count). The smallest absolute Gasteiger partial charge is 0.351 e. The van der Waals surface area contributed by atoms with Crippen LogP contribution in [0.2, 0.25) is 0 Å². The van der Waals surface area contributed by atoms with E-state index in [1.54, 1.807) is 0 Å². The van der Waals surface area contributed by atoms with Crippen molar-refractivity contribution in [2.75, 3.05) is 12.3 Å². The van der Waals surface area contributed by atoms with Gasteiger partial charge in [-0.15, -0.1) is 0 Å². The molecule has 34 heavy (non-hydrogen) atoms. The molecule has 0 aliphatic heterocycles. The topological polar surface area (TPSA) is 106 Å². The van der Waals surface area contributed by atoms with E-state index in [4.69, 9.17) is 0 Å². The van der Waals surface area contributed by atoms with E-state index in [9.17, 15) is 36.5 Å². The molecule has 3 aliphatic carbocycles. The van der Waals surface area contributed by atoms with Crippen molar-refractivity contribution in [3.63, 3.8) is 0 Å². The summed E-state index contributed by atoms with van der Waals surface area (Å²) in [4.78, 5) is 23.1. The summed E-state index contributed by atoms with van der Waals surface area (Å²) >= 11 is 0. The van der Waals surface area contributed by atoms with Gasteiger partial charge in [-0.1, -0.05) is 12.8 Å². The second-order valence-corrected chi connectivity index (χ2v) is 12.6. The lowest BCUT2D eigenvalue weighted by atomic mass is 9.70. The molecule has 0 aromatic heterocycles. The van der Waals surface area contributed by atoms with Gasteiger partial charge in [-0.3, -0.25) is 14.9 Å². The monoisotopic (exact) mass is 502 g/mol. The second-order valence-electron chi connectivity index (χ2n) is 10.3. The lowest BCUT2D eigenvalue weighted by Gasteiger charge is -2.40. The van der Waals surface area contributed by atoms with Crippen molar-refractivity contribution in [1.29, 1.82) is 0 Å². The average Bonchev–Trinajstić information content (AvgIpc) is 3.69. The van der Waals surface area contributed by atoms with Gasteiger partial charge in [0.25, 0.3) is 11.6 Å². The summed E-state index contributed by atoms with van der Waals surface area (Å²) in [5.41, 5.74) is -2.80.